The summed E-state index contributed by atoms with van der Waals surface area (Å²) in [6.45, 7) is 7.01. The average molecular weight is 270 g/mol. The molecule has 0 spiro atoms. The zero-order valence-electron chi connectivity index (χ0n) is 11.3. The molecule has 0 saturated carbocycles. The number of carbonyl (C=O) groups is 2. The minimum atomic E-state index is -0.592. The monoisotopic (exact) mass is 270 g/mol. The number of rotatable bonds is 3. The van der Waals surface area contributed by atoms with Gasteiger partial charge in [0.25, 0.3) is 0 Å². The fraction of sp³-hybridized carbons (Fsp3) is 0.583. The average Bonchev–Trinajstić information content (AvgIpc) is 2.77. The number of thiazole rings is 1. The Morgan fingerprint density at radius 2 is 2.06 bits per heavy atom. The molecule has 100 valence electrons. The van der Waals surface area contributed by atoms with Crippen LogP contribution < -0.4 is 0 Å². The van der Waals surface area contributed by atoms with E-state index < -0.39 is 17.7 Å². The standard InChI is InChI=1S/C12H18N2O3S/c1-8(9(15)10-13-6-7-18-10)14(5)11(16)17-12(2,3)4/h6-8H,1-5H3. The highest BCUT2D eigenvalue weighted by atomic mass is 32.1. The third-order valence-electron chi connectivity index (χ3n) is 2.28. The molecular weight excluding hydrogens is 252 g/mol. The number of nitrogens with zero attached hydrogens (tertiary/aromatic N) is 2. The molecule has 1 rings (SSSR count). The Kier molecular flexibility index (Phi) is 4.45. The molecule has 1 unspecified atom stereocenters. The maximum atomic E-state index is 12.0. The van der Waals surface area contributed by atoms with E-state index in [0.717, 1.165) is 0 Å². The first-order valence-electron chi connectivity index (χ1n) is 5.62. The number of hydrogen-bond acceptors (Lipinski definition) is 5. The van der Waals surface area contributed by atoms with Crippen molar-refractivity contribution in [3.05, 3.63) is 16.6 Å². The van der Waals surface area contributed by atoms with Gasteiger partial charge in [-0.2, -0.15) is 0 Å². The first-order valence-corrected chi connectivity index (χ1v) is 6.50. The lowest BCUT2D eigenvalue weighted by molar-refractivity contribution is 0.0231. The van der Waals surface area contributed by atoms with Crippen LogP contribution in [0.15, 0.2) is 11.6 Å². The van der Waals surface area contributed by atoms with Crippen LogP contribution in [0, 0.1) is 0 Å². The van der Waals surface area contributed by atoms with Crippen LogP contribution in [0.4, 0.5) is 4.79 Å². The van der Waals surface area contributed by atoms with E-state index in [9.17, 15) is 9.59 Å². The summed E-state index contributed by atoms with van der Waals surface area (Å²) in [5, 5.41) is 2.13. The van der Waals surface area contributed by atoms with Crippen molar-refractivity contribution in [2.75, 3.05) is 7.05 Å². The molecule has 0 fully saturated rings. The van der Waals surface area contributed by atoms with E-state index in [1.807, 2.05) is 0 Å². The molecule has 6 heteroatoms. The maximum Gasteiger partial charge on any atom is 0.410 e. The summed E-state index contributed by atoms with van der Waals surface area (Å²) in [6, 6.07) is -0.592. The van der Waals surface area contributed by atoms with Gasteiger partial charge in [0.05, 0.1) is 6.04 Å². The highest BCUT2D eigenvalue weighted by Gasteiger charge is 2.28. The molecular formula is C12H18N2O3S. The molecule has 0 aliphatic heterocycles. The molecule has 0 aromatic carbocycles. The van der Waals surface area contributed by atoms with Gasteiger partial charge >= 0.3 is 6.09 Å². The second kappa shape index (κ2) is 5.48. The second-order valence-electron chi connectivity index (χ2n) is 4.97. The normalized spacial score (nSPS) is 12.9. The summed E-state index contributed by atoms with van der Waals surface area (Å²) in [5.74, 6) is -0.182. The van der Waals surface area contributed by atoms with Gasteiger partial charge in [0, 0.05) is 18.6 Å². The quantitative estimate of drug-likeness (QED) is 0.792. The molecule has 1 aromatic heterocycles. The number of aromatic nitrogens is 1. The third-order valence-corrected chi connectivity index (χ3v) is 3.07. The molecule has 0 aliphatic carbocycles. The Balaban J connectivity index is 2.69. The summed E-state index contributed by atoms with van der Waals surface area (Å²) in [7, 11) is 1.55. The van der Waals surface area contributed by atoms with Crippen molar-refractivity contribution in [1.82, 2.24) is 9.88 Å². The van der Waals surface area contributed by atoms with E-state index >= 15 is 0 Å². The van der Waals surface area contributed by atoms with E-state index in [2.05, 4.69) is 4.98 Å². The number of hydrogen-bond donors (Lipinski definition) is 0. The van der Waals surface area contributed by atoms with Crippen molar-refractivity contribution in [1.29, 1.82) is 0 Å². The molecule has 1 heterocycles. The van der Waals surface area contributed by atoms with Gasteiger partial charge in [-0.25, -0.2) is 9.78 Å². The largest absolute Gasteiger partial charge is 0.444 e. The summed E-state index contributed by atoms with van der Waals surface area (Å²) in [6.07, 6.45) is 1.05. The smallest absolute Gasteiger partial charge is 0.410 e. The van der Waals surface area contributed by atoms with Crippen LogP contribution in [0.1, 0.15) is 37.5 Å². The van der Waals surface area contributed by atoms with E-state index in [1.54, 1.807) is 46.3 Å². The van der Waals surface area contributed by atoms with Gasteiger partial charge in [0.1, 0.15) is 5.60 Å². The molecule has 0 bridgehead atoms. The molecule has 0 saturated heterocycles. The lowest BCUT2D eigenvalue weighted by Crippen LogP contribution is -2.43. The lowest BCUT2D eigenvalue weighted by atomic mass is 10.2. The van der Waals surface area contributed by atoms with Crippen LogP contribution in [-0.2, 0) is 4.74 Å². The Morgan fingerprint density at radius 1 is 1.44 bits per heavy atom. The second-order valence-corrected chi connectivity index (χ2v) is 5.86. The Labute approximate surface area is 111 Å². The van der Waals surface area contributed by atoms with Gasteiger partial charge in [-0.1, -0.05) is 0 Å². The minimum absolute atomic E-state index is 0.182. The van der Waals surface area contributed by atoms with Crippen LogP contribution in [-0.4, -0.2) is 40.5 Å². The Hall–Kier alpha value is -1.43. The SMILES string of the molecule is CC(C(=O)c1nccs1)N(C)C(=O)OC(C)(C)C. The fourth-order valence-electron chi connectivity index (χ4n) is 1.19. The number of ether oxygens (including phenoxy) is 1. The predicted molar refractivity (Wildman–Crippen MR) is 69.9 cm³/mol. The molecule has 1 aromatic rings. The molecule has 0 aliphatic rings. The maximum absolute atomic E-state index is 12.0. The Bertz CT molecular complexity index is 423. The van der Waals surface area contributed by atoms with Crippen molar-refractivity contribution < 1.29 is 14.3 Å². The van der Waals surface area contributed by atoms with Crippen LogP contribution in [0.3, 0.4) is 0 Å². The van der Waals surface area contributed by atoms with Crippen molar-refractivity contribution >= 4 is 23.2 Å². The molecule has 5 nitrogen and oxygen atoms in total. The van der Waals surface area contributed by atoms with Crippen LogP contribution >= 0.6 is 11.3 Å². The van der Waals surface area contributed by atoms with E-state index in [-0.39, 0.29) is 5.78 Å². The Morgan fingerprint density at radius 3 is 2.50 bits per heavy atom. The van der Waals surface area contributed by atoms with Crippen molar-refractivity contribution in [2.45, 2.75) is 39.3 Å². The molecule has 0 N–H and O–H groups in total. The number of likely N-dealkylation sites (N-methyl/N-ethyl adjacent to an activating group) is 1. The number of carbonyl (C=O) groups excluding carboxylic acids is 2. The lowest BCUT2D eigenvalue weighted by Gasteiger charge is -2.27. The molecule has 0 radical (unpaired) electrons. The first kappa shape index (κ1) is 14.6. The van der Waals surface area contributed by atoms with Crippen molar-refractivity contribution in [3.63, 3.8) is 0 Å². The zero-order valence-corrected chi connectivity index (χ0v) is 12.1. The van der Waals surface area contributed by atoms with Gasteiger partial charge < -0.3 is 9.64 Å². The fourth-order valence-corrected chi connectivity index (χ4v) is 1.85. The van der Waals surface area contributed by atoms with Gasteiger partial charge in [0.15, 0.2) is 5.01 Å². The first-order chi connectivity index (χ1) is 8.22. The number of ketones is 1. The van der Waals surface area contributed by atoms with Crippen molar-refractivity contribution in [3.8, 4) is 0 Å². The predicted octanol–water partition coefficient (Wildman–Crippen LogP) is 2.58. The van der Waals surface area contributed by atoms with Gasteiger partial charge in [0.2, 0.25) is 5.78 Å². The van der Waals surface area contributed by atoms with Crippen LogP contribution in [0.2, 0.25) is 0 Å². The summed E-state index contributed by atoms with van der Waals surface area (Å²) < 4.78 is 5.21. The number of Topliss-reactive ketones (excluding diaryl/α,β-unsaturated/α-hetero) is 1. The minimum Gasteiger partial charge on any atom is -0.444 e. The van der Waals surface area contributed by atoms with Gasteiger partial charge in [-0.05, 0) is 27.7 Å². The van der Waals surface area contributed by atoms with Gasteiger partial charge in [-0.15, -0.1) is 11.3 Å². The summed E-state index contributed by atoms with van der Waals surface area (Å²) in [4.78, 5) is 29.1. The van der Waals surface area contributed by atoms with Gasteiger partial charge in [-0.3, -0.25) is 4.79 Å². The molecule has 1 amide bonds. The van der Waals surface area contributed by atoms with E-state index in [1.165, 1.54) is 16.2 Å². The highest BCUT2D eigenvalue weighted by Crippen LogP contribution is 2.14. The highest BCUT2D eigenvalue weighted by molar-refractivity contribution is 7.11. The molecule has 18 heavy (non-hydrogen) atoms. The van der Waals surface area contributed by atoms with Crippen molar-refractivity contribution in [2.24, 2.45) is 0 Å². The summed E-state index contributed by atoms with van der Waals surface area (Å²) >= 11 is 1.26. The van der Waals surface area contributed by atoms with Crippen LogP contribution in [0.25, 0.3) is 0 Å². The number of amides is 1. The molecule has 1 atom stereocenters. The topological polar surface area (TPSA) is 59.5 Å². The van der Waals surface area contributed by atoms with E-state index in [0.29, 0.717) is 5.01 Å². The van der Waals surface area contributed by atoms with E-state index in [4.69, 9.17) is 4.74 Å². The summed E-state index contributed by atoms with van der Waals surface area (Å²) in [5.41, 5.74) is -0.574. The van der Waals surface area contributed by atoms with Crippen LogP contribution in [0.5, 0.6) is 0 Å². The third kappa shape index (κ3) is 3.80. The zero-order chi connectivity index (χ0) is 13.9.